The van der Waals surface area contributed by atoms with E-state index < -0.39 is 16.9 Å². The summed E-state index contributed by atoms with van der Waals surface area (Å²) in [4.78, 5) is 34.3. The summed E-state index contributed by atoms with van der Waals surface area (Å²) in [6.07, 6.45) is 0.432. The number of ether oxygens (including phenoxy) is 1. The number of nitrogens with one attached hydrogen (secondary N) is 2. The Bertz CT molecular complexity index is 807. The molecule has 1 unspecified atom stereocenters. The Morgan fingerprint density at radius 3 is 2.10 bits per heavy atom. The Morgan fingerprint density at radius 2 is 1.60 bits per heavy atom. The number of anilines is 1. The summed E-state index contributed by atoms with van der Waals surface area (Å²) in [6.45, 7) is 8.00. The molecule has 2 aromatic rings. The van der Waals surface area contributed by atoms with Gasteiger partial charge in [0.1, 0.15) is 11.6 Å². The van der Waals surface area contributed by atoms with E-state index in [1.807, 2.05) is 27.7 Å². The highest BCUT2D eigenvalue weighted by molar-refractivity contribution is 6.07. The number of carbonyl (C=O) groups is 2. The minimum Gasteiger partial charge on any atom is -0.468 e. The summed E-state index contributed by atoms with van der Waals surface area (Å²) < 4.78 is 4.72. The summed E-state index contributed by atoms with van der Waals surface area (Å²) in [6, 6.07) is 12.2. The zero-order valence-corrected chi connectivity index (χ0v) is 18.4. The molecule has 8 nitrogen and oxygen atoms in total. The normalized spacial score (nSPS) is 10.3. The van der Waals surface area contributed by atoms with Gasteiger partial charge in [-0.25, -0.2) is 0 Å². The smallest absolute Gasteiger partial charge is 0.323 e. The summed E-state index contributed by atoms with van der Waals surface area (Å²) >= 11 is 0. The van der Waals surface area contributed by atoms with Gasteiger partial charge in [-0.15, -0.1) is 0 Å². The van der Waals surface area contributed by atoms with Gasteiger partial charge in [0.2, 0.25) is 0 Å². The number of nitro groups is 1. The van der Waals surface area contributed by atoms with Crippen molar-refractivity contribution in [3.05, 3.63) is 69.8 Å². The third-order valence-electron chi connectivity index (χ3n) is 3.83. The number of methoxy groups -OCH3 is 1. The highest BCUT2D eigenvalue weighted by atomic mass is 16.6. The Morgan fingerprint density at radius 1 is 1.03 bits per heavy atom. The molecule has 2 N–H and O–H groups in total. The van der Waals surface area contributed by atoms with Gasteiger partial charge in [0.15, 0.2) is 0 Å². The van der Waals surface area contributed by atoms with Gasteiger partial charge in [-0.3, -0.25) is 19.7 Å². The van der Waals surface area contributed by atoms with Crippen LogP contribution in [0, 0.1) is 10.1 Å². The number of rotatable bonds is 7. The Balaban J connectivity index is 0.00000198. The zero-order chi connectivity index (χ0) is 23.1. The van der Waals surface area contributed by atoms with Crippen LogP contribution in [0.4, 0.5) is 11.4 Å². The van der Waals surface area contributed by atoms with Crippen molar-refractivity contribution in [3.8, 4) is 0 Å². The predicted octanol–water partition coefficient (Wildman–Crippen LogP) is 4.20. The number of nitrogens with zero attached hydrogens (tertiary/aromatic N) is 1. The average Bonchev–Trinajstić information content (AvgIpc) is 2.80. The number of nitro benzene ring substituents is 1. The van der Waals surface area contributed by atoms with Gasteiger partial charge < -0.3 is 15.4 Å². The monoisotopic (exact) mass is 417 g/mol. The summed E-state index contributed by atoms with van der Waals surface area (Å²) in [5.41, 5.74) is 1.11. The number of hydrogen-bond acceptors (Lipinski definition) is 6. The minimum atomic E-state index is -0.595. The molecule has 0 heterocycles. The third kappa shape index (κ3) is 8.00. The largest absolute Gasteiger partial charge is 0.468 e. The van der Waals surface area contributed by atoms with Gasteiger partial charge in [-0.2, -0.15) is 0 Å². The molecule has 0 radical (unpaired) electrons. The molecule has 0 fully saturated rings. The molecule has 0 saturated carbocycles. The lowest BCUT2D eigenvalue weighted by Gasteiger charge is -2.14. The van der Waals surface area contributed by atoms with E-state index in [4.69, 9.17) is 4.74 Å². The first-order chi connectivity index (χ1) is 14.5. The molecule has 0 aromatic heterocycles. The molecular weight excluding hydrogens is 386 g/mol. The van der Waals surface area contributed by atoms with E-state index in [0.717, 1.165) is 5.56 Å². The fraction of sp³-hybridized carbons (Fsp3) is 0.364. The SMILES string of the molecule is CC.CC.CNC(Cc1ccc(NC(=O)c2ccccc2[N+](=O)[O-])cc1)C(=O)OC. The quantitative estimate of drug-likeness (QED) is 0.397. The number of amides is 1. The van der Waals surface area contributed by atoms with E-state index in [-0.39, 0.29) is 17.2 Å². The van der Waals surface area contributed by atoms with E-state index >= 15 is 0 Å². The van der Waals surface area contributed by atoms with Crippen LogP contribution < -0.4 is 10.6 Å². The molecule has 0 aliphatic heterocycles. The first-order valence-electron chi connectivity index (χ1n) is 9.85. The van der Waals surface area contributed by atoms with Crippen LogP contribution in [0.5, 0.6) is 0 Å². The second kappa shape index (κ2) is 14.7. The maximum Gasteiger partial charge on any atom is 0.323 e. The van der Waals surface area contributed by atoms with Gasteiger partial charge in [-0.05, 0) is 37.2 Å². The van der Waals surface area contributed by atoms with Crippen LogP contribution in [0.25, 0.3) is 0 Å². The van der Waals surface area contributed by atoms with Gasteiger partial charge in [-0.1, -0.05) is 52.0 Å². The number of para-hydroxylation sites is 1. The molecule has 2 aromatic carbocycles. The van der Waals surface area contributed by atoms with Crippen molar-refractivity contribution in [3.63, 3.8) is 0 Å². The molecule has 30 heavy (non-hydrogen) atoms. The average molecular weight is 418 g/mol. The molecular formula is C22H31N3O5. The lowest BCUT2D eigenvalue weighted by molar-refractivity contribution is -0.385. The standard InChI is InChI=1S/C18H19N3O5.2C2H6/c1-19-15(18(23)26-2)11-12-7-9-13(10-8-12)20-17(22)14-5-3-4-6-16(14)21(24)25;2*1-2/h3-10,15,19H,11H2,1-2H3,(H,20,22);2*1-2H3. The second-order valence-electron chi connectivity index (χ2n) is 5.49. The molecule has 0 aliphatic carbocycles. The summed E-state index contributed by atoms with van der Waals surface area (Å²) in [5.74, 6) is -0.922. The second-order valence-corrected chi connectivity index (χ2v) is 5.49. The molecule has 2 rings (SSSR count). The van der Waals surface area contributed by atoms with Crippen molar-refractivity contribution < 1.29 is 19.2 Å². The summed E-state index contributed by atoms with van der Waals surface area (Å²) in [7, 11) is 3.00. The van der Waals surface area contributed by atoms with Crippen LogP contribution in [-0.2, 0) is 16.0 Å². The molecule has 1 amide bonds. The molecule has 0 bridgehead atoms. The van der Waals surface area contributed by atoms with Crippen LogP contribution in [0.3, 0.4) is 0 Å². The lowest BCUT2D eigenvalue weighted by atomic mass is 10.1. The topological polar surface area (TPSA) is 111 Å². The van der Waals surface area contributed by atoms with E-state index in [2.05, 4.69) is 10.6 Å². The van der Waals surface area contributed by atoms with Crippen molar-refractivity contribution in [2.75, 3.05) is 19.5 Å². The van der Waals surface area contributed by atoms with Gasteiger partial charge in [0, 0.05) is 11.8 Å². The van der Waals surface area contributed by atoms with Gasteiger partial charge >= 0.3 is 5.97 Å². The van der Waals surface area contributed by atoms with E-state index in [9.17, 15) is 19.7 Å². The van der Waals surface area contributed by atoms with Crippen molar-refractivity contribution in [2.45, 2.75) is 40.2 Å². The first-order valence-corrected chi connectivity index (χ1v) is 9.85. The molecule has 0 aliphatic rings. The van der Waals surface area contributed by atoms with E-state index in [1.54, 1.807) is 37.4 Å². The Kier molecular flexibility index (Phi) is 13.1. The maximum atomic E-state index is 12.3. The highest BCUT2D eigenvalue weighted by Crippen LogP contribution is 2.20. The van der Waals surface area contributed by atoms with Crippen molar-refractivity contribution in [1.29, 1.82) is 0 Å². The number of carbonyl (C=O) groups excluding carboxylic acids is 2. The van der Waals surface area contributed by atoms with Crippen molar-refractivity contribution >= 4 is 23.3 Å². The maximum absolute atomic E-state index is 12.3. The first kappa shape index (κ1) is 26.7. The fourth-order valence-electron chi connectivity index (χ4n) is 2.43. The molecule has 1 atom stereocenters. The van der Waals surface area contributed by atoms with Crippen molar-refractivity contribution in [1.82, 2.24) is 5.32 Å². The highest BCUT2D eigenvalue weighted by Gasteiger charge is 2.20. The molecule has 0 saturated heterocycles. The van der Waals surface area contributed by atoms with Crippen LogP contribution in [0.1, 0.15) is 43.6 Å². The minimum absolute atomic E-state index is 0.0116. The predicted molar refractivity (Wildman–Crippen MR) is 119 cm³/mol. The molecule has 0 spiro atoms. The van der Waals surface area contributed by atoms with Crippen molar-refractivity contribution in [2.24, 2.45) is 0 Å². The number of hydrogen-bond donors (Lipinski definition) is 2. The zero-order valence-electron chi connectivity index (χ0n) is 18.4. The van der Waals surface area contributed by atoms with Gasteiger partial charge in [0.05, 0.1) is 12.0 Å². The summed E-state index contributed by atoms with van der Waals surface area (Å²) in [5, 5.41) is 16.5. The van der Waals surface area contributed by atoms with Gasteiger partial charge in [0.25, 0.3) is 11.6 Å². The number of benzene rings is 2. The molecule has 8 heteroatoms. The number of likely N-dealkylation sites (N-methyl/N-ethyl adjacent to an activating group) is 1. The van der Waals surface area contributed by atoms with Crippen LogP contribution in [0.15, 0.2) is 48.5 Å². The number of esters is 1. The Hall–Kier alpha value is -3.26. The third-order valence-corrected chi connectivity index (χ3v) is 3.83. The lowest BCUT2D eigenvalue weighted by Crippen LogP contribution is -2.36. The van der Waals surface area contributed by atoms with Crippen LogP contribution in [-0.4, -0.2) is 37.0 Å². The molecule has 164 valence electrons. The Labute approximate surface area is 177 Å². The fourth-order valence-corrected chi connectivity index (χ4v) is 2.43. The van der Waals surface area contributed by atoms with E-state index in [1.165, 1.54) is 25.3 Å². The van der Waals surface area contributed by atoms with Crippen LogP contribution >= 0.6 is 0 Å². The van der Waals surface area contributed by atoms with Crippen LogP contribution in [0.2, 0.25) is 0 Å². The van der Waals surface area contributed by atoms with E-state index in [0.29, 0.717) is 12.1 Å².